The number of alkyl halides is 4. The summed E-state index contributed by atoms with van der Waals surface area (Å²) in [5.41, 5.74) is 0.992. The number of hydrogen-bond donors (Lipinski definition) is 0. The van der Waals surface area contributed by atoms with Crippen LogP contribution in [0.4, 0.5) is 13.2 Å². The van der Waals surface area contributed by atoms with Gasteiger partial charge in [-0.2, -0.15) is 0 Å². The normalized spacial score (nSPS) is 20.3. The Kier molecular flexibility index (Phi) is 5.16. The summed E-state index contributed by atoms with van der Waals surface area (Å²) < 4.78 is 40.0. The van der Waals surface area contributed by atoms with Crippen LogP contribution < -0.4 is 4.74 Å². The first-order chi connectivity index (χ1) is 9.46. The average Bonchev–Trinajstić information content (AvgIpc) is 2.78. The molecule has 0 bridgehead atoms. The molecule has 1 aromatic rings. The highest BCUT2D eigenvalue weighted by Crippen LogP contribution is 2.25. The fourth-order valence-corrected chi connectivity index (χ4v) is 2.81. The van der Waals surface area contributed by atoms with E-state index in [9.17, 15) is 13.2 Å². The van der Waals surface area contributed by atoms with E-state index in [1.165, 1.54) is 12.1 Å². The largest absolute Gasteiger partial charge is 0.573 e. The van der Waals surface area contributed by atoms with E-state index >= 15 is 0 Å². The quantitative estimate of drug-likeness (QED) is 0.761. The van der Waals surface area contributed by atoms with Crippen molar-refractivity contribution < 1.29 is 17.9 Å². The summed E-state index contributed by atoms with van der Waals surface area (Å²) in [6.07, 6.45) is -2.47. The van der Waals surface area contributed by atoms with Crippen molar-refractivity contribution in [1.29, 1.82) is 0 Å². The monoisotopic (exact) mass is 307 g/mol. The van der Waals surface area contributed by atoms with Crippen LogP contribution in [-0.2, 0) is 6.54 Å². The van der Waals surface area contributed by atoms with E-state index in [1.807, 2.05) is 0 Å². The van der Waals surface area contributed by atoms with Crippen LogP contribution in [0.3, 0.4) is 0 Å². The van der Waals surface area contributed by atoms with Gasteiger partial charge in [0.05, 0.1) is 0 Å². The van der Waals surface area contributed by atoms with Crippen LogP contribution in [0.5, 0.6) is 5.75 Å². The number of likely N-dealkylation sites (tertiary alicyclic amines) is 1. The van der Waals surface area contributed by atoms with Crippen LogP contribution >= 0.6 is 11.6 Å². The third-order valence-corrected chi connectivity index (χ3v) is 3.67. The number of nitrogens with zero attached hydrogens (tertiary/aromatic N) is 1. The van der Waals surface area contributed by atoms with Crippen molar-refractivity contribution in [3.63, 3.8) is 0 Å². The average molecular weight is 308 g/mol. The second kappa shape index (κ2) is 6.68. The summed E-state index contributed by atoms with van der Waals surface area (Å²) in [4.78, 5) is 2.30. The van der Waals surface area contributed by atoms with Crippen LogP contribution in [-0.4, -0.2) is 30.2 Å². The zero-order valence-corrected chi connectivity index (χ0v) is 11.8. The molecule has 6 heteroatoms. The van der Waals surface area contributed by atoms with Gasteiger partial charge in [0.15, 0.2) is 0 Å². The van der Waals surface area contributed by atoms with Crippen LogP contribution in [0.15, 0.2) is 24.3 Å². The van der Waals surface area contributed by atoms with Gasteiger partial charge in [-0.1, -0.05) is 12.1 Å². The molecule has 0 aliphatic carbocycles. The van der Waals surface area contributed by atoms with E-state index in [0.29, 0.717) is 11.8 Å². The Morgan fingerprint density at radius 3 is 2.55 bits per heavy atom. The van der Waals surface area contributed by atoms with Gasteiger partial charge in [0, 0.05) is 19.0 Å². The molecule has 0 N–H and O–H groups in total. The molecule has 1 heterocycles. The summed E-state index contributed by atoms with van der Waals surface area (Å²) in [5.74, 6) is 1.14. The van der Waals surface area contributed by atoms with Gasteiger partial charge in [-0.3, -0.25) is 4.90 Å². The minimum Gasteiger partial charge on any atom is -0.406 e. The van der Waals surface area contributed by atoms with E-state index in [2.05, 4.69) is 9.64 Å². The molecule has 1 aromatic carbocycles. The Labute approximate surface area is 121 Å². The molecule has 20 heavy (non-hydrogen) atoms. The second-order valence-electron chi connectivity index (χ2n) is 5.06. The SMILES string of the molecule is FC(F)(F)Oc1ccc(CN2CCC(CCCl)C2)cc1. The Morgan fingerprint density at radius 1 is 1.25 bits per heavy atom. The van der Waals surface area contributed by atoms with E-state index in [1.54, 1.807) is 12.1 Å². The van der Waals surface area contributed by atoms with Crippen LogP contribution in [0.1, 0.15) is 18.4 Å². The van der Waals surface area contributed by atoms with E-state index in [4.69, 9.17) is 11.6 Å². The molecule has 112 valence electrons. The fraction of sp³-hybridized carbons (Fsp3) is 0.571. The Morgan fingerprint density at radius 2 is 1.95 bits per heavy atom. The molecule has 0 radical (unpaired) electrons. The highest BCUT2D eigenvalue weighted by atomic mass is 35.5. The lowest BCUT2D eigenvalue weighted by molar-refractivity contribution is -0.274. The topological polar surface area (TPSA) is 12.5 Å². The van der Waals surface area contributed by atoms with Crippen molar-refractivity contribution in [1.82, 2.24) is 4.90 Å². The van der Waals surface area contributed by atoms with E-state index in [0.717, 1.165) is 38.0 Å². The lowest BCUT2D eigenvalue weighted by Gasteiger charge is -2.16. The van der Waals surface area contributed by atoms with Crippen molar-refractivity contribution in [3.8, 4) is 5.75 Å². The van der Waals surface area contributed by atoms with Gasteiger partial charge in [0.1, 0.15) is 5.75 Å². The minimum absolute atomic E-state index is 0.178. The number of hydrogen-bond acceptors (Lipinski definition) is 2. The first-order valence-electron chi connectivity index (χ1n) is 6.59. The van der Waals surface area contributed by atoms with Crippen LogP contribution in [0.2, 0.25) is 0 Å². The molecule has 1 unspecified atom stereocenters. The molecule has 2 rings (SSSR count). The zero-order chi connectivity index (χ0) is 14.6. The molecule has 1 saturated heterocycles. The maximum atomic E-state index is 12.0. The summed E-state index contributed by atoms with van der Waals surface area (Å²) in [6.45, 7) is 2.78. The van der Waals surface area contributed by atoms with Gasteiger partial charge in [-0.05, 0) is 43.0 Å². The first kappa shape index (κ1) is 15.4. The van der Waals surface area contributed by atoms with Crippen LogP contribution in [0.25, 0.3) is 0 Å². The molecule has 1 aliphatic rings. The maximum Gasteiger partial charge on any atom is 0.573 e. The van der Waals surface area contributed by atoms with Crippen molar-refractivity contribution >= 4 is 11.6 Å². The number of benzene rings is 1. The van der Waals surface area contributed by atoms with Crippen molar-refractivity contribution in [2.45, 2.75) is 25.7 Å². The minimum atomic E-state index is -4.63. The molecule has 2 nitrogen and oxygen atoms in total. The Balaban J connectivity index is 1.85. The molecular weight excluding hydrogens is 291 g/mol. The summed E-state index contributed by atoms with van der Waals surface area (Å²) in [7, 11) is 0. The molecule has 0 amide bonds. The standard InChI is InChI=1S/C14H17ClF3NO/c15-7-5-12-6-8-19(10-12)9-11-1-3-13(4-2-11)20-14(16,17)18/h1-4,12H,5-10H2. The molecule has 0 saturated carbocycles. The number of halogens is 4. The van der Waals surface area contributed by atoms with Gasteiger partial charge in [0.25, 0.3) is 0 Å². The van der Waals surface area contributed by atoms with Crippen molar-refractivity contribution in [2.75, 3.05) is 19.0 Å². The van der Waals surface area contributed by atoms with Gasteiger partial charge < -0.3 is 4.74 Å². The maximum absolute atomic E-state index is 12.0. The number of ether oxygens (including phenoxy) is 1. The van der Waals surface area contributed by atoms with E-state index in [-0.39, 0.29) is 5.75 Å². The van der Waals surface area contributed by atoms with Gasteiger partial charge in [0.2, 0.25) is 0 Å². The van der Waals surface area contributed by atoms with Crippen molar-refractivity contribution in [2.24, 2.45) is 5.92 Å². The molecule has 1 atom stereocenters. The summed E-state index contributed by atoms with van der Waals surface area (Å²) >= 11 is 5.74. The fourth-order valence-electron chi connectivity index (χ4n) is 2.50. The molecule has 1 fully saturated rings. The molecule has 0 spiro atoms. The lowest BCUT2D eigenvalue weighted by atomic mass is 10.1. The lowest BCUT2D eigenvalue weighted by Crippen LogP contribution is -2.20. The number of rotatable bonds is 5. The summed E-state index contributed by atoms with van der Waals surface area (Å²) in [5, 5.41) is 0. The van der Waals surface area contributed by atoms with Gasteiger partial charge in [-0.15, -0.1) is 24.8 Å². The van der Waals surface area contributed by atoms with E-state index < -0.39 is 6.36 Å². The third-order valence-electron chi connectivity index (χ3n) is 3.45. The highest BCUT2D eigenvalue weighted by Gasteiger charge is 2.31. The van der Waals surface area contributed by atoms with Gasteiger partial charge >= 0.3 is 6.36 Å². The Bertz CT molecular complexity index is 421. The predicted molar refractivity (Wildman–Crippen MR) is 71.8 cm³/mol. The molecule has 0 aromatic heterocycles. The third kappa shape index (κ3) is 4.87. The predicted octanol–water partition coefficient (Wildman–Crippen LogP) is 4.04. The Hall–Kier alpha value is -0.940. The van der Waals surface area contributed by atoms with Gasteiger partial charge in [-0.25, -0.2) is 0 Å². The molecule has 1 aliphatic heterocycles. The highest BCUT2D eigenvalue weighted by molar-refractivity contribution is 6.17. The second-order valence-corrected chi connectivity index (χ2v) is 5.44. The summed E-state index contributed by atoms with van der Waals surface area (Å²) in [6, 6.07) is 6.07. The van der Waals surface area contributed by atoms with Crippen LogP contribution in [0, 0.1) is 5.92 Å². The first-order valence-corrected chi connectivity index (χ1v) is 7.13. The molecular formula is C14H17ClF3NO. The van der Waals surface area contributed by atoms with Crippen molar-refractivity contribution in [3.05, 3.63) is 29.8 Å². The zero-order valence-electron chi connectivity index (χ0n) is 11.0. The smallest absolute Gasteiger partial charge is 0.406 e.